The van der Waals surface area contributed by atoms with Crippen LogP contribution < -0.4 is 106 Å². The van der Waals surface area contributed by atoms with Gasteiger partial charge in [0.2, 0.25) is 5.95 Å². The molecule has 0 aromatic carbocycles. The first-order valence-corrected chi connectivity index (χ1v) is 12.8. The quantitative estimate of drug-likeness (QED) is 0.199. The molecule has 0 saturated carbocycles. The molecule has 3 rings (SSSR count). The van der Waals surface area contributed by atoms with Gasteiger partial charge in [-0.3, -0.25) is 27.4 Å². The molecule has 19 nitrogen and oxygen atoms in total. The van der Waals surface area contributed by atoms with Crippen LogP contribution in [0.4, 0.5) is 5.95 Å². The van der Waals surface area contributed by atoms with Crippen molar-refractivity contribution in [1.29, 1.82) is 0 Å². The number of phosphoric ester groups is 1. The van der Waals surface area contributed by atoms with Crippen LogP contribution in [0.25, 0.3) is 11.2 Å². The van der Waals surface area contributed by atoms with Crippen molar-refractivity contribution in [2.45, 2.75) is 24.5 Å². The summed E-state index contributed by atoms with van der Waals surface area (Å²) in [5.41, 5.74) is 4.72. The Labute approximate surface area is 255 Å². The minimum atomic E-state index is -6.17. The zero-order chi connectivity index (χ0) is 24.9. The molecular weight excluding hydrogens is 547 g/mol. The summed E-state index contributed by atoms with van der Waals surface area (Å²) in [6.45, 7) is -1.13. The van der Waals surface area contributed by atoms with Crippen LogP contribution in [0.5, 0.6) is 0 Å². The number of hydrogen-bond acceptors (Lipinski definition) is 17. The van der Waals surface area contributed by atoms with E-state index in [4.69, 9.17) is 10.5 Å². The summed E-state index contributed by atoms with van der Waals surface area (Å²) < 4.78 is 51.1. The first kappa shape index (κ1) is 40.0. The minimum Gasteiger partial charge on any atom is -0.790 e. The molecule has 0 bridgehead atoms. The second-order valence-electron chi connectivity index (χ2n) is 6.51. The van der Waals surface area contributed by atoms with E-state index in [9.17, 15) is 48.3 Å². The SMILES string of the molecule is Cn1c(N)nc2c(ncn2C2OC(COP(=O)([O-])OP(=O)([O-])OP(=O)([O-])[O-])C(O)C2O)c1=O.[Li+].[Li+].[Li+].[Li+]. The maximum absolute atomic E-state index is 12.2. The number of aromatic nitrogens is 4. The Balaban J connectivity index is 0. The molecule has 0 radical (unpaired) electrons. The van der Waals surface area contributed by atoms with Gasteiger partial charge in [-0.1, -0.05) is 0 Å². The summed E-state index contributed by atoms with van der Waals surface area (Å²) in [7, 11) is -16.8. The first-order valence-electron chi connectivity index (χ1n) is 8.43. The summed E-state index contributed by atoms with van der Waals surface area (Å²) in [6, 6.07) is 0. The molecule has 1 saturated heterocycles. The van der Waals surface area contributed by atoms with Crippen LogP contribution in [0.15, 0.2) is 11.1 Å². The van der Waals surface area contributed by atoms with E-state index in [0.717, 1.165) is 15.5 Å². The Morgan fingerprint density at radius 2 is 1.62 bits per heavy atom. The molecule has 0 aliphatic carbocycles. The van der Waals surface area contributed by atoms with E-state index in [2.05, 4.69) is 23.1 Å². The van der Waals surface area contributed by atoms with Gasteiger partial charge in [-0.25, -0.2) is 9.29 Å². The molecule has 2 aromatic rings. The molecule has 0 amide bonds. The van der Waals surface area contributed by atoms with Crippen molar-refractivity contribution in [3.63, 3.8) is 0 Å². The number of nitrogens with two attached hydrogens (primary N) is 1. The smallest absolute Gasteiger partial charge is 0.790 e. The van der Waals surface area contributed by atoms with Gasteiger partial charge in [0.05, 0.1) is 20.8 Å². The fourth-order valence-electron chi connectivity index (χ4n) is 2.79. The van der Waals surface area contributed by atoms with Gasteiger partial charge in [0.25, 0.3) is 21.2 Å². The minimum absolute atomic E-state index is 0. The normalized spacial score (nSPS) is 24.5. The van der Waals surface area contributed by atoms with Crippen molar-refractivity contribution >= 4 is 40.6 Å². The molecule has 6 unspecified atom stereocenters. The average molecular weight is 561 g/mol. The van der Waals surface area contributed by atoms with Crippen molar-refractivity contribution in [3.05, 3.63) is 16.7 Å². The predicted octanol–water partition coefficient (Wildman–Crippen LogP) is -16.8. The molecule has 4 N–H and O–H groups in total. The van der Waals surface area contributed by atoms with Crippen molar-refractivity contribution in [3.8, 4) is 0 Å². The van der Waals surface area contributed by atoms with Gasteiger partial charge in [-0.05, 0) is 0 Å². The van der Waals surface area contributed by atoms with Crippen LogP contribution >= 0.6 is 23.5 Å². The molecule has 6 atom stereocenters. The van der Waals surface area contributed by atoms with E-state index in [-0.39, 0.29) is 92.6 Å². The molecule has 1 aliphatic rings. The van der Waals surface area contributed by atoms with Crippen LogP contribution in [-0.2, 0) is 38.6 Å². The summed E-state index contributed by atoms with van der Waals surface area (Å²) in [5, 5.41) is 20.4. The van der Waals surface area contributed by atoms with Gasteiger partial charge >= 0.3 is 75.4 Å². The topological polar surface area (TPSA) is 300 Å². The molecule has 3 heterocycles. The number of aliphatic hydroxyl groups excluding tert-OH is 2. The summed E-state index contributed by atoms with van der Waals surface area (Å²) >= 11 is 0. The molecule has 1 aliphatic heterocycles. The Hall–Kier alpha value is 0.830. The number of nitrogens with zero attached hydrogens (tertiary/aromatic N) is 4. The number of nitrogen functional groups attached to an aromatic ring is 1. The summed E-state index contributed by atoms with van der Waals surface area (Å²) in [6.07, 6.45) is -5.59. The first-order chi connectivity index (χ1) is 15.0. The third-order valence-corrected chi connectivity index (χ3v) is 7.91. The molecular formula is C11H14Li4N5O14P3. The Bertz CT molecular complexity index is 1270. The van der Waals surface area contributed by atoms with Crippen LogP contribution in [-0.4, -0.2) is 54.2 Å². The Kier molecular flexibility index (Phi) is 15.8. The average Bonchev–Trinajstić information content (AvgIpc) is 3.17. The van der Waals surface area contributed by atoms with Gasteiger partial charge in [-0.15, -0.1) is 0 Å². The third-order valence-electron chi connectivity index (χ3n) is 4.25. The largest absolute Gasteiger partial charge is 1.00 e. The molecule has 0 spiro atoms. The number of hydrogen-bond donors (Lipinski definition) is 3. The number of fused-ring (bicyclic) bond motifs is 1. The monoisotopic (exact) mass is 561 g/mol. The second-order valence-corrected chi connectivity index (χ2v) is 10.8. The number of aliphatic hydroxyl groups is 2. The number of phosphoric acid groups is 3. The van der Waals surface area contributed by atoms with Gasteiger partial charge in [-0.2, -0.15) is 4.98 Å². The van der Waals surface area contributed by atoms with Crippen molar-refractivity contribution in [2.24, 2.45) is 7.05 Å². The van der Waals surface area contributed by atoms with Gasteiger partial charge in [0.1, 0.15) is 18.3 Å². The van der Waals surface area contributed by atoms with Gasteiger partial charge < -0.3 is 49.3 Å². The number of ether oxygens (including phenoxy) is 1. The Morgan fingerprint density at radius 1 is 1.05 bits per heavy atom. The van der Waals surface area contributed by atoms with E-state index >= 15 is 0 Å². The van der Waals surface area contributed by atoms with Gasteiger partial charge in [0.15, 0.2) is 17.4 Å². The maximum atomic E-state index is 12.2. The van der Waals surface area contributed by atoms with E-state index in [1.54, 1.807) is 0 Å². The van der Waals surface area contributed by atoms with E-state index in [0.29, 0.717) is 0 Å². The van der Waals surface area contributed by atoms with Crippen molar-refractivity contribution in [1.82, 2.24) is 19.1 Å². The number of anilines is 1. The molecule has 26 heteroatoms. The zero-order valence-electron chi connectivity index (χ0n) is 20.1. The predicted molar refractivity (Wildman–Crippen MR) is 94.0 cm³/mol. The molecule has 186 valence electrons. The number of imidazole rings is 1. The summed E-state index contributed by atoms with van der Waals surface area (Å²) in [4.78, 5) is 63.4. The van der Waals surface area contributed by atoms with Crippen LogP contribution in [0.3, 0.4) is 0 Å². The Morgan fingerprint density at radius 3 is 2.16 bits per heavy atom. The third kappa shape index (κ3) is 9.71. The second kappa shape index (κ2) is 14.6. The fraction of sp³-hybridized carbons (Fsp3) is 0.545. The molecule has 1 fully saturated rings. The van der Waals surface area contributed by atoms with Crippen molar-refractivity contribution < 1.29 is 137 Å². The summed E-state index contributed by atoms with van der Waals surface area (Å²) in [5.74, 6) is -0.212. The van der Waals surface area contributed by atoms with Crippen molar-refractivity contribution in [2.75, 3.05) is 12.3 Å². The van der Waals surface area contributed by atoms with E-state index in [1.807, 2.05) is 0 Å². The molecule has 2 aromatic heterocycles. The van der Waals surface area contributed by atoms with E-state index < -0.39 is 60.2 Å². The molecule has 37 heavy (non-hydrogen) atoms. The van der Waals surface area contributed by atoms with Crippen LogP contribution in [0.1, 0.15) is 6.23 Å². The van der Waals surface area contributed by atoms with Crippen LogP contribution in [0, 0.1) is 0 Å². The standard InChI is InChI=1S/C11H18N5O14P3.4Li/c1-15-9(19)5-8(14-11(15)12)16(3-13-5)10-7(18)6(17)4(28-10)2-27-32(23,24)30-33(25,26)29-31(20,21)22;;;;/h3-4,6-7,10,17-18H,2H2,1H3,(H2,12,14)(H,23,24)(H,25,26)(H2,20,21,22);;;;/q;4*+1/p-4. The van der Waals surface area contributed by atoms with Crippen LogP contribution in [0.2, 0.25) is 0 Å². The van der Waals surface area contributed by atoms with Gasteiger partial charge in [0, 0.05) is 7.05 Å². The fourth-order valence-corrected chi connectivity index (χ4v) is 5.66. The maximum Gasteiger partial charge on any atom is 1.00 e. The van der Waals surface area contributed by atoms with E-state index in [1.165, 1.54) is 7.05 Å². The number of rotatable bonds is 8. The zero-order valence-corrected chi connectivity index (χ0v) is 22.8.